The lowest BCUT2D eigenvalue weighted by Gasteiger charge is -2.30. The van der Waals surface area contributed by atoms with Crippen LogP contribution in [-0.2, 0) is 0 Å². The zero-order valence-corrected chi connectivity index (χ0v) is 12.3. The van der Waals surface area contributed by atoms with Crippen molar-refractivity contribution in [1.82, 2.24) is 10.2 Å². The number of benzene rings is 1. The number of hydrogen-bond donors (Lipinski definition) is 1. The van der Waals surface area contributed by atoms with Crippen molar-refractivity contribution in [2.75, 3.05) is 19.6 Å². The first-order chi connectivity index (χ1) is 9.61. The summed E-state index contributed by atoms with van der Waals surface area (Å²) < 4.78 is 13.1. The van der Waals surface area contributed by atoms with E-state index in [2.05, 4.69) is 5.32 Å². The quantitative estimate of drug-likeness (QED) is 0.918. The summed E-state index contributed by atoms with van der Waals surface area (Å²) >= 11 is 0. The number of rotatable bonds is 4. The van der Waals surface area contributed by atoms with Crippen LogP contribution in [0, 0.1) is 12.7 Å². The van der Waals surface area contributed by atoms with Gasteiger partial charge in [-0.25, -0.2) is 4.39 Å². The summed E-state index contributed by atoms with van der Waals surface area (Å²) in [6.07, 6.45) is 3.55. The maximum atomic E-state index is 13.1. The third-order valence-corrected chi connectivity index (χ3v) is 3.94. The minimum atomic E-state index is -0.295. The smallest absolute Gasteiger partial charge is 0.254 e. The van der Waals surface area contributed by atoms with Gasteiger partial charge in [-0.05, 0) is 57.0 Å². The minimum Gasteiger partial charge on any atom is -0.337 e. The Morgan fingerprint density at radius 2 is 2.25 bits per heavy atom. The molecule has 20 heavy (non-hydrogen) atoms. The molecule has 0 spiro atoms. The molecule has 1 aliphatic heterocycles. The molecule has 110 valence electrons. The lowest BCUT2D eigenvalue weighted by atomic mass is 10.0. The van der Waals surface area contributed by atoms with Crippen LogP contribution in [0.3, 0.4) is 0 Å². The Morgan fingerprint density at radius 1 is 1.45 bits per heavy atom. The van der Waals surface area contributed by atoms with Crippen LogP contribution >= 0.6 is 0 Å². The molecular formula is C16H23FN2O. The maximum absolute atomic E-state index is 13.1. The molecule has 1 aromatic carbocycles. The Bertz CT molecular complexity index is 470. The summed E-state index contributed by atoms with van der Waals surface area (Å²) in [7, 11) is 0. The number of aryl methyl sites for hydroxylation is 1. The van der Waals surface area contributed by atoms with Gasteiger partial charge in [0.05, 0.1) is 0 Å². The number of amides is 1. The highest BCUT2D eigenvalue weighted by Crippen LogP contribution is 2.15. The van der Waals surface area contributed by atoms with Crippen LogP contribution in [0.4, 0.5) is 4.39 Å². The first-order valence-corrected chi connectivity index (χ1v) is 7.40. The average molecular weight is 278 g/mol. The second kappa shape index (κ2) is 6.84. The number of carbonyl (C=O) groups is 1. The normalized spacial score (nSPS) is 18.9. The molecule has 0 aliphatic carbocycles. The van der Waals surface area contributed by atoms with Crippen molar-refractivity contribution < 1.29 is 9.18 Å². The van der Waals surface area contributed by atoms with E-state index >= 15 is 0 Å². The first-order valence-electron chi connectivity index (χ1n) is 7.40. The van der Waals surface area contributed by atoms with E-state index in [0.717, 1.165) is 19.5 Å². The van der Waals surface area contributed by atoms with Gasteiger partial charge < -0.3 is 10.2 Å². The van der Waals surface area contributed by atoms with Gasteiger partial charge in [0.2, 0.25) is 0 Å². The van der Waals surface area contributed by atoms with Crippen LogP contribution in [0.5, 0.6) is 0 Å². The van der Waals surface area contributed by atoms with Crippen molar-refractivity contribution in [2.24, 2.45) is 0 Å². The fraction of sp³-hybridized carbons (Fsp3) is 0.562. The van der Waals surface area contributed by atoms with Crippen LogP contribution in [0.25, 0.3) is 0 Å². The number of carbonyl (C=O) groups excluding carboxylic acids is 1. The topological polar surface area (TPSA) is 32.3 Å². The number of likely N-dealkylation sites (N-methyl/N-ethyl adjacent to an activating group) is 1. The van der Waals surface area contributed by atoms with E-state index in [4.69, 9.17) is 0 Å². The molecule has 2 rings (SSSR count). The Hall–Kier alpha value is -1.42. The minimum absolute atomic E-state index is 0.00243. The summed E-state index contributed by atoms with van der Waals surface area (Å²) in [4.78, 5) is 14.4. The summed E-state index contributed by atoms with van der Waals surface area (Å²) in [5.41, 5.74) is 1.30. The third kappa shape index (κ3) is 3.57. The van der Waals surface area contributed by atoms with Gasteiger partial charge in [-0.15, -0.1) is 0 Å². The Morgan fingerprint density at radius 3 is 2.85 bits per heavy atom. The monoisotopic (exact) mass is 278 g/mol. The fourth-order valence-corrected chi connectivity index (χ4v) is 2.74. The predicted molar refractivity (Wildman–Crippen MR) is 78.4 cm³/mol. The van der Waals surface area contributed by atoms with Crippen molar-refractivity contribution in [1.29, 1.82) is 0 Å². The highest BCUT2D eigenvalue weighted by atomic mass is 19.1. The average Bonchev–Trinajstić information content (AvgIpc) is 2.45. The number of halogens is 1. The second-order valence-electron chi connectivity index (χ2n) is 5.45. The lowest BCUT2D eigenvalue weighted by molar-refractivity contribution is 0.0740. The van der Waals surface area contributed by atoms with Crippen molar-refractivity contribution in [3.05, 3.63) is 35.1 Å². The largest absolute Gasteiger partial charge is 0.337 e. The van der Waals surface area contributed by atoms with E-state index in [9.17, 15) is 9.18 Å². The van der Waals surface area contributed by atoms with Gasteiger partial charge in [-0.2, -0.15) is 0 Å². The molecule has 4 heteroatoms. The molecule has 1 fully saturated rings. The molecule has 1 heterocycles. The van der Waals surface area contributed by atoms with Gasteiger partial charge in [-0.1, -0.05) is 6.42 Å². The zero-order valence-electron chi connectivity index (χ0n) is 12.3. The molecule has 1 N–H and O–H groups in total. The third-order valence-electron chi connectivity index (χ3n) is 3.94. The Balaban J connectivity index is 2.07. The van der Waals surface area contributed by atoms with Crippen LogP contribution in [0.1, 0.15) is 42.1 Å². The van der Waals surface area contributed by atoms with Gasteiger partial charge in [0.1, 0.15) is 5.82 Å². The molecule has 1 unspecified atom stereocenters. The summed E-state index contributed by atoms with van der Waals surface area (Å²) in [6.45, 7) is 6.20. The molecule has 0 radical (unpaired) electrons. The summed E-state index contributed by atoms with van der Waals surface area (Å²) in [5.74, 6) is -0.298. The molecule has 0 bridgehead atoms. The molecule has 0 saturated carbocycles. The number of hydrogen-bond acceptors (Lipinski definition) is 2. The van der Waals surface area contributed by atoms with E-state index in [1.807, 2.05) is 11.8 Å². The lowest BCUT2D eigenvalue weighted by Crippen LogP contribution is -2.45. The fourth-order valence-electron chi connectivity index (χ4n) is 2.74. The molecule has 1 aliphatic rings. The second-order valence-corrected chi connectivity index (χ2v) is 5.45. The number of nitrogens with one attached hydrogen (secondary N) is 1. The van der Waals surface area contributed by atoms with Crippen molar-refractivity contribution in [2.45, 2.75) is 39.2 Å². The highest BCUT2D eigenvalue weighted by Gasteiger charge is 2.21. The van der Waals surface area contributed by atoms with Gasteiger partial charge in [0.15, 0.2) is 0 Å². The van der Waals surface area contributed by atoms with E-state index in [1.54, 1.807) is 13.0 Å². The van der Waals surface area contributed by atoms with E-state index in [1.165, 1.54) is 25.0 Å². The summed E-state index contributed by atoms with van der Waals surface area (Å²) in [5, 5.41) is 3.46. The van der Waals surface area contributed by atoms with Crippen LogP contribution in [0.2, 0.25) is 0 Å². The van der Waals surface area contributed by atoms with Gasteiger partial charge in [0, 0.05) is 24.7 Å². The zero-order chi connectivity index (χ0) is 14.5. The highest BCUT2D eigenvalue weighted by molar-refractivity contribution is 5.95. The van der Waals surface area contributed by atoms with Crippen molar-refractivity contribution >= 4 is 5.91 Å². The molecule has 1 saturated heterocycles. The van der Waals surface area contributed by atoms with Crippen LogP contribution < -0.4 is 5.32 Å². The van der Waals surface area contributed by atoms with Gasteiger partial charge >= 0.3 is 0 Å². The maximum Gasteiger partial charge on any atom is 0.254 e. The Labute approximate surface area is 120 Å². The molecule has 0 aromatic heterocycles. The van der Waals surface area contributed by atoms with E-state index in [0.29, 0.717) is 23.7 Å². The van der Waals surface area contributed by atoms with E-state index < -0.39 is 0 Å². The van der Waals surface area contributed by atoms with Crippen LogP contribution in [0.15, 0.2) is 18.2 Å². The predicted octanol–water partition coefficient (Wildman–Crippen LogP) is 2.74. The number of piperidine rings is 1. The summed E-state index contributed by atoms with van der Waals surface area (Å²) in [6, 6.07) is 4.74. The molecule has 1 atom stereocenters. The standard InChI is InChI=1S/C16H23FN2O/c1-3-19(11-14-6-4-5-9-18-14)16(20)15-8-7-13(17)10-12(15)2/h7-8,10,14,18H,3-6,9,11H2,1-2H3. The van der Waals surface area contributed by atoms with Crippen LogP contribution in [-0.4, -0.2) is 36.5 Å². The van der Waals surface area contributed by atoms with E-state index in [-0.39, 0.29) is 11.7 Å². The first kappa shape index (κ1) is 15.0. The molecule has 3 nitrogen and oxygen atoms in total. The SMILES string of the molecule is CCN(CC1CCCCN1)C(=O)c1ccc(F)cc1C. The Kier molecular flexibility index (Phi) is 5.12. The molecule has 1 amide bonds. The van der Waals surface area contributed by atoms with Crippen molar-refractivity contribution in [3.8, 4) is 0 Å². The van der Waals surface area contributed by atoms with Gasteiger partial charge in [-0.3, -0.25) is 4.79 Å². The van der Waals surface area contributed by atoms with Crippen molar-refractivity contribution in [3.63, 3.8) is 0 Å². The number of nitrogens with zero attached hydrogens (tertiary/aromatic N) is 1. The molecule has 1 aromatic rings. The molecular weight excluding hydrogens is 255 g/mol. The van der Waals surface area contributed by atoms with Gasteiger partial charge in [0.25, 0.3) is 5.91 Å².